The Morgan fingerprint density at radius 3 is 2.62 bits per heavy atom. The van der Waals surface area contributed by atoms with Crippen molar-refractivity contribution in [3.63, 3.8) is 0 Å². The number of ether oxygens (including phenoxy) is 2. The topological polar surface area (TPSA) is 65.4 Å². The van der Waals surface area contributed by atoms with Gasteiger partial charge in [-0.1, -0.05) is 30.3 Å². The second kappa shape index (κ2) is 6.55. The molecule has 0 spiro atoms. The summed E-state index contributed by atoms with van der Waals surface area (Å²) in [7, 11) is 3.21. The lowest BCUT2D eigenvalue weighted by atomic mass is 9.89. The van der Waals surface area contributed by atoms with E-state index in [1.54, 1.807) is 20.5 Å². The van der Waals surface area contributed by atoms with E-state index in [2.05, 4.69) is 10.3 Å². The van der Waals surface area contributed by atoms with Gasteiger partial charge in [-0.2, -0.15) is 0 Å². The van der Waals surface area contributed by atoms with Crippen molar-refractivity contribution in [2.75, 3.05) is 19.5 Å². The predicted molar refractivity (Wildman–Crippen MR) is 98.2 cm³/mol. The van der Waals surface area contributed by atoms with Gasteiger partial charge in [0.25, 0.3) is 0 Å². The van der Waals surface area contributed by atoms with Crippen molar-refractivity contribution >= 4 is 11.7 Å². The Morgan fingerprint density at radius 2 is 1.88 bits per heavy atom. The van der Waals surface area contributed by atoms with Crippen molar-refractivity contribution in [3.8, 4) is 17.2 Å². The Bertz CT molecular complexity index is 950. The maximum Gasteiger partial charge on any atom is 0.226 e. The second-order valence-corrected chi connectivity index (χ2v) is 6.07. The molecule has 6 nitrogen and oxygen atoms in total. The molecule has 1 aliphatic heterocycles. The summed E-state index contributed by atoms with van der Waals surface area (Å²) in [4.78, 5) is 17.0. The standard InChI is InChI=1S/C20H19N3O3/c1-25-16-10-6-9-14(19(16)26-2)15-11-17(24)22-20-18(15)21-12-23(20)13-7-4-3-5-8-13/h3-10,12,15H,11H2,1-2H3,(H,22,24). The summed E-state index contributed by atoms with van der Waals surface area (Å²) in [5.74, 6) is 1.72. The van der Waals surface area contributed by atoms with Crippen LogP contribution in [-0.2, 0) is 4.79 Å². The monoisotopic (exact) mass is 349 g/mol. The Kier molecular flexibility index (Phi) is 4.08. The summed E-state index contributed by atoms with van der Waals surface area (Å²) in [5.41, 5.74) is 2.65. The van der Waals surface area contributed by atoms with Gasteiger partial charge < -0.3 is 14.8 Å². The van der Waals surface area contributed by atoms with Gasteiger partial charge in [0.15, 0.2) is 11.5 Å². The number of para-hydroxylation sites is 2. The lowest BCUT2D eigenvalue weighted by Crippen LogP contribution is -2.25. The fraction of sp³-hybridized carbons (Fsp3) is 0.200. The molecule has 0 radical (unpaired) electrons. The lowest BCUT2D eigenvalue weighted by molar-refractivity contribution is -0.116. The summed E-state index contributed by atoms with van der Waals surface area (Å²) < 4.78 is 12.9. The van der Waals surface area contributed by atoms with Crippen LogP contribution in [0.15, 0.2) is 54.9 Å². The molecule has 1 aromatic heterocycles. The number of hydrogen-bond donors (Lipinski definition) is 1. The molecule has 0 fully saturated rings. The molecule has 0 saturated carbocycles. The molecular weight excluding hydrogens is 330 g/mol. The summed E-state index contributed by atoms with van der Waals surface area (Å²) in [6.07, 6.45) is 2.05. The lowest BCUT2D eigenvalue weighted by Gasteiger charge is -2.25. The fourth-order valence-electron chi connectivity index (χ4n) is 3.43. The SMILES string of the molecule is COc1cccc(C2CC(=O)Nc3c2ncn3-c2ccccc2)c1OC. The average Bonchev–Trinajstić information content (AvgIpc) is 3.11. The molecule has 2 heterocycles. The van der Waals surface area contributed by atoms with E-state index in [1.807, 2.05) is 53.1 Å². The smallest absolute Gasteiger partial charge is 0.226 e. The maximum atomic E-state index is 12.4. The van der Waals surface area contributed by atoms with Crippen LogP contribution in [0.1, 0.15) is 23.6 Å². The third-order valence-corrected chi connectivity index (χ3v) is 4.62. The number of fused-ring (bicyclic) bond motifs is 1. The number of imidazole rings is 1. The van der Waals surface area contributed by atoms with Gasteiger partial charge in [-0.15, -0.1) is 0 Å². The van der Waals surface area contributed by atoms with Gasteiger partial charge in [0.05, 0.1) is 19.9 Å². The van der Waals surface area contributed by atoms with Crippen LogP contribution in [0.4, 0.5) is 5.82 Å². The summed E-state index contributed by atoms with van der Waals surface area (Å²) in [6.45, 7) is 0. The number of nitrogens with zero attached hydrogens (tertiary/aromatic N) is 2. The molecule has 4 rings (SSSR count). The van der Waals surface area contributed by atoms with Crippen molar-refractivity contribution in [1.29, 1.82) is 0 Å². The van der Waals surface area contributed by atoms with Crippen LogP contribution in [-0.4, -0.2) is 29.7 Å². The van der Waals surface area contributed by atoms with Gasteiger partial charge in [-0.3, -0.25) is 9.36 Å². The molecular formula is C20H19N3O3. The van der Waals surface area contributed by atoms with Crippen molar-refractivity contribution < 1.29 is 14.3 Å². The Morgan fingerprint density at radius 1 is 1.08 bits per heavy atom. The number of hydrogen-bond acceptors (Lipinski definition) is 4. The predicted octanol–water partition coefficient (Wildman–Crippen LogP) is 3.36. The summed E-state index contributed by atoms with van der Waals surface area (Å²) in [5, 5.41) is 2.96. The number of carbonyl (C=O) groups is 1. The number of nitrogens with one attached hydrogen (secondary N) is 1. The molecule has 0 aliphatic carbocycles. The normalized spacial score (nSPS) is 15.9. The second-order valence-electron chi connectivity index (χ2n) is 6.07. The third kappa shape index (κ3) is 2.60. The minimum absolute atomic E-state index is 0.0509. The van der Waals surface area contributed by atoms with Gasteiger partial charge in [0.2, 0.25) is 5.91 Å². The molecule has 1 unspecified atom stereocenters. The van der Waals surface area contributed by atoms with Crippen LogP contribution < -0.4 is 14.8 Å². The van der Waals surface area contributed by atoms with Crippen molar-refractivity contribution in [2.24, 2.45) is 0 Å². The van der Waals surface area contributed by atoms with Crippen LogP contribution in [0.25, 0.3) is 5.69 Å². The van der Waals surface area contributed by atoms with Crippen LogP contribution in [0.3, 0.4) is 0 Å². The summed E-state index contributed by atoms with van der Waals surface area (Å²) >= 11 is 0. The van der Waals surface area contributed by atoms with E-state index in [1.165, 1.54) is 0 Å². The highest BCUT2D eigenvalue weighted by Crippen LogP contribution is 2.43. The molecule has 26 heavy (non-hydrogen) atoms. The zero-order chi connectivity index (χ0) is 18.1. The number of methoxy groups -OCH3 is 2. The largest absolute Gasteiger partial charge is 0.493 e. The number of rotatable bonds is 4. The molecule has 132 valence electrons. The molecule has 3 aromatic rings. The highest BCUT2D eigenvalue weighted by molar-refractivity contribution is 5.94. The first-order valence-electron chi connectivity index (χ1n) is 8.36. The number of aromatic nitrogens is 2. The molecule has 1 atom stereocenters. The van der Waals surface area contributed by atoms with Gasteiger partial charge in [-0.05, 0) is 18.2 Å². The van der Waals surface area contributed by atoms with E-state index in [9.17, 15) is 4.79 Å². The Balaban J connectivity index is 1.85. The number of benzene rings is 2. The third-order valence-electron chi connectivity index (χ3n) is 4.62. The molecule has 1 aliphatic rings. The molecule has 2 aromatic carbocycles. The first-order valence-corrected chi connectivity index (χ1v) is 8.36. The molecule has 1 amide bonds. The quantitative estimate of drug-likeness (QED) is 0.784. The van der Waals surface area contributed by atoms with E-state index >= 15 is 0 Å². The molecule has 6 heteroatoms. The van der Waals surface area contributed by atoms with E-state index in [0.717, 1.165) is 16.9 Å². The Labute approximate surface area is 151 Å². The van der Waals surface area contributed by atoms with Crippen molar-refractivity contribution in [3.05, 3.63) is 66.1 Å². The first kappa shape index (κ1) is 16.2. The minimum atomic E-state index is -0.200. The van der Waals surface area contributed by atoms with Crippen molar-refractivity contribution in [2.45, 2.75) is 12.3 Å². The van der Waals surface area contributed by atoms with Gasteiger partial charge in [0, 0.05) is 23.6 Å². The highest BCUT2D eigenvalue weighted by atomic mass is 16.5. The zero-order valence-electron chi connectivity index (χ0n) is 14.6. The minimum Gasteiger partial charge on any atom is -0.493 e. The van der Waals surface area contributed by atoms with Gasteiger partial charge >= 0.3 is 0 Å². The van der Waals surface area contributed by atoms with Gasteiger partial charge in [-0.25, -0.2) is 4.98 Å². The van der Waals surface area contributed by atoms with E-state index in [0.29, 0.717) is 23.7 Å². The van der Waals surface area contributed by atoms with Crippen molar-refractivity contribution in [1.82, 2.24) is 9.55 Å². The Hall–Kier alpha value is -3.28. The van der Waals surface area contributed by atoms with E-state index < -0.39 is 0 Å². The maximum absolute atomic E-state index is 12.4. The summed E-state index contributed by atoms with van der Waals surface area (Å²) in [6, 6.07) is 15.5. The zero-order valence-corrected chi connectivity index (χ0v) is 14.6. The average molecular weight is 349 g/mol. The molecule has 0 saturated heterocycles. The number of amides is 1. The molecule has 1 N–H and O–H groups in total. The molecule has 0 bridgehead atoms. The highest BCUT2D eigenvalue weighted by Gasteiger charge is 2.33. The van der Waals surface area contributed by atoms with E-state index in [-0.39, 0.29) is 11.8 Å². The van der Waals surface area contributed by atoms with Crippen LogP contribution in [0.5, 0.6) is 11.5 Å². The van der Waals surface area contributed by atoms with Crippen LogP contribution in [0.2, 0.25) is 0 Å². The number of carbonyl (C=O) groups excluding carboxylic acids is 1. The number of anilines is 1. The van der Waals surface area contributed by atoms with Gasteiger partial charge in [0.1, 0.15) is 12.1 Å². The van der Waals surface area contributed by atoms with Crippen LogP contribution in [0, 0.1) is 0 Å². The van der Waals surface area contributed by atoms with Crippen LogP contribution >= 0.6 is 0 Å². The first-order chi connectivity index (χ1) is 12.7. The van der Waals surface area contributed by atoms with E-state index in [4.69, 9.17) is 9.47 Å². The fourth-order valence-corrected chi connectivity index (χ4v) is 3.43.